The molecule has 0 aliphatic heterocycles. The first-order valence-corrected chi connectivity index (χ1v) is 8.15. The fraction of sp³-hybridized carbons (Fsp3) is 0.625. The van der Waals surface area contributed by atoms with Gasteiger partial charge in [0.05, 0.1) is 6.61 Å². The molecule has 0 saturated heterocycles. The van der Waals surface area contributed by atoms with Crippen LogP contribution in [-0.2, 0) is 6.54 Å². The van der Waals surface area contributed by atoms with E-state index in [1.165, 1.54) is 36.8 Å². The predicted octanol–water partition coefficient (Wildman–Crippen LogP) is 4.58. The van der Waals surface area contributed by atoms with Gasteiger partial charge in [-0.1, -0.05) is 35.7 Å². The van der Waals surface area contributed by atoms with E-state index in [1.54, 1.807) is 0 Å². The Bertz CT molecular complexity index is 415. The third-order valence-corrected chi connectivity index (χ3v) is 3.93. The first-order valence-electron chi connectivity index (χ1n) is 7.36. The maximum atomic E-state index is 6.02. The van der Waals surface area contributed by atoms with Crippen LogP contribution < -0.4 is 10.1 Å². The summed E-state index contributed by atoms with van der Waals surface area (Å²) in [5.74, 6) is 1.08. The molecule has 0 spiro atoms. The molecule has 1 aromatic rings. The summed E-state index contributed by atoms with van der Waals surface area (Å²) >= 11 is 3.58. The highest BCUT2D eigenvalue weighted by Crippen LogP contribution is 2.29. The summed E-state index contributed by atoms with van der Waals surface area (Å²) < 4.78 is 7.15. The summed E-state index contributed by atoms with van der Waals surface area (Å²) in [6.07, 6.45) is 6.25. The van der Waals surface area contributed by atoms with Crippen molar-refractivity contribution < 1.29 is 4.74 Å². The molecule has 19 heavy (non-hydrogen) atoms. The summed E-state index contributed by atoms with van der Waals surface area (Å²) in [6, 6.07) is 5.04. The van der Waals surface area contributed by atoms with Crippen molar-refractivity contribution in [3.8, 4) is 5.75 Å². The molecule has 1 saturated carbocycles. The second-order valence-electron chi connectivity index (χ2n) is 5.42. The van der Waals surface area contributed by atoms with Crippen molar-refractivity contribution in [3.05, 3.63) is 27.7 Å². The lowest BCUT2D eigenvalue weighted by atomic mass is 10.1. The Morgan fingerprint density at radius 2 is 2.11 bits per heavy atom. The number of hydrogen-bond donors (Lipinski definition) is 1. The summed E-state index contributed by atoms with van der Waals surface area (Å²) in [5.41, 5.74) is 2.49. The lowest BCUT2D eigenvalue weighted by Gasteiger charge is -2.15. The van der Waals surface area contributed by atoms with Gasteiger partial charge in [-0.25, -0.2) is 0 Å². The number of aryl methyl sites for hydroxylation is 1. The van der Waals surface area contributed by atoms with Gasteiger partial charge in [0.2, 0.25) is 0 Å². The van der Waals surface area contributed by atoms with E-state index in [2.05, 4.69) is 47.2 Å². The van der Waals surface area contributed by atoms with Crippen molar-refractivity contribution in [2.75, 3.05) is 6.61 Å². The fourth-order valence-electron chi connectivity index (χ4n) is 2.21. The molecule has 106 valence electrons. The molecule has 1 fully saturated rings. The summed E-state index contributed by atoms with van der Waals surface area (Å²) in [5, 5.41) is 3.57. The molecule has 1 aliphatic rings. The lowest BCUT2D eigenvalue weighted by Crippen LogP contribution is -2.16. The third-order valence-electron chi connectivity index (χ3n) is 3.47. The maximum Gasteiger partial charge on any atom is 0.126 e. The Morgan fingerprint density at radius 3 is 2.79 bits per heavy atom. The van der Waals surface area contributed by atoms with Crippen molar-refractivity contribution in [1.29, 1.82) is 0 Å². The monoisotopic (exact) mass is 325 g/mol. The molecule has 1 aliphatic carbocycles. The van der Waals surface area contributed by atoms with E-state index in [4.69, 9.17) is 4.74 Å². The molecule has 0 bridgehead atoms. The SMILES string of the molecule is CCCCCOc1c(C)cc(Br)cc1CNC1CC1. The molecule has 0 radical (unpaired) electrons. The molecular weight excluding hydrogens is 302 g/mol. The van der Waals surface area contributed by atoms with Gasteiger partial charge in [-0.3, -0.25) is 0 Å². The Kier molecular flexibility index (Phi) is 5.71. The van der Waals surface area contributed by atoms with E-state index in [0.29, 0.717) is 0 Å². The second-order valence-corrected chi connectivity index (χ2v) is 6.34. The summed E-state index contributed by atoms with van der Waals surface area (Å²) in [4.78, 5) is 0. The number of unbranched alkanes of at least 4 members (excludes halogenated alkanes) is 2. The van der Waals surface area contributed by atoms with E-state index in [0.717, 1.165) is 35.8 Å². The highest BCUT2D eigenvalue weighted by atomic mass is 79.9. The van der Waals surface area contributed by atoms with Crippen LogP contribution in [0.5, 0.6) is 5.75 Å². The predicted molar refractivity (Wildman–Crippen MR) is 83.8 cm³/mol. The minimum Gasteiger partial charge on any atom is -0.493 e. The van der Waals surface area contributed by atoms with Crippen LogP contribution in [0, 0.1) is 6.92 Å². The van der Waals surface area contributed by atoms with E-state index < -0.39 is 0 Å². The van der Waals surface area contributed by atoms with Crippen LogP contribution in [0.1, 0.15) is 50.2 Å². The van der Waals surface area contributed by atoms with Gasteiger partial charge < -0.3 is 10.1 Å². The summed E-state index contributed by atoms with van der Waals surface area (Å²) in [7, 11) is 0. The smallest absolute Gasteiger partial charge is 0.126 e. The average molecular weight is 326 g/mol. The number of hydrogen-bond acceptors (Lipinski definition) is 2. The molecule has 1 aromatic carbocycles. The van der Waals surface area contributed by atoms with Crippen LogP contribution in [0.4, 0.5) is 0 Å². The number of rotatable bonds is 8. The number of halogens is 1. The molecule has 3 heteroatoms. The molecule has 0 heterocycles. The highest BCUT2D eigenvalue weighted by Gasteiger charge is 2.21. The largest absolute Gasteiger partial charge is 0.493 e. The van der Waals surface area contributed by atoms with Crippen molar-refractivity contribution in [1.82, 2.24) is 5.32 Å². The van der Waals surface area contributed by atoms with E-state index in [-0.39, 0.29) is 0 Å². The fourth-order valence-corrected chi connectivity index (χ4v) is 2.82. The molecule has 0 atom stereocenters. The molecule has 2 rings (SSSR count). The van der Waals surface area contributed by atoms with Crippen LogP contribution in [0.3, 0.4) is 0 Å². The quantitative estimate of drug-likeness (QED) is 0.706. The van der Waals surface area contributed by atoms with Gasteiger partial charge >= 0.3 is 0 Å². The van der Waals surface area contributed by atoms with Crippen LogP contribution >= 0.6 is 15.9 Å². The Balaban J connectivity index is 1.99. The van der Waals surface area contributed by atoms with Gasteiger partial charge in [0.25, 0.3) is 0 Å². The van der Waals surface area contributed by atoms with Crippen LogP contribution in [-0.4, -0.2) is 12.6 Å². The van der Waals surface area contributed by atoms with E-state index in [1.807, 2.05) is 0 Å². The zero-order chi connectivity index (χ0) is 13.7. The first kappa shape index (κ1) is 14.9. The van der Waals surface area contributed by atoms with Gasteiger partial charge in [-0.2, -0.15) is 0 Å². The van der Waals surface area contributed by atoms with Gasteiger partial charge in [0.1, 0.15) is 5.75 Å². The Morgan fingerprint density at radius 1 is 1.32 bits per heavy atom. The molecule has 0 amide bonds. The zero-order valence-electron chi connectivity index (χ0n) is 12.0. The maximum absolute atomic E-state index is 6.02. The second kappa shape index (κ2) is 7.30. The minimum atomic E-state index is 0.729. The topological polar surface area (TPSA) is 21.3 Å². The summed E-state index contributed by atoms with van der Waals surface area (Å²) in [6.45, 7) is 6.08. The van der Waals surface area contributed by atoms with Gasteiger partial charge in [-0.05, 0) is 43.9 Å². The van der Waals surface area contributed by atoms with Crippen molar-refractivity contribution in [2.24, 2.45) is 0 Å². The Labute approximate surface area is 125 Å². The third kappa shape index (κ3) is 4.81. The first-order chi connectivity index (χ1) is 9.20. The number of benzene rings is 1. The van der Waals surface area contributed by atoms with E-state index >= 15 is 0 Å². The number of nitrogens with one attached hydrogen (secondary N) is 1. The average Bonchev–Trinajstić information content (AvgIpc) is 3.18. The molecule has 0 aromatic heterocycles. The normalized spacial score (nSPS) is 14.7. The molecule has 0 unspecified atom stereocenters. The molecule has 1 N–H and O–H groups in total. The van der Waals surface area contributed by atoms with Gasteiger partial charge in [0.15, 0.2) is 0 Å². The standard InChI is InChI=1S/C16H24BrNO/c1-3-4-5-8-19-16-12(2)9-14(17)10-13(16)11-18-15-6-7-15/h9-10,15,18H,3-8,11H2,1-2H3. The van der Waals surface area contributed by atoms with Crippen LogP contribution in [0.15, 0.2) is 16.6 Å². The molecular formula is C16H24BrNO. The zero-order valence-corrected chi connectivity index (χ0v) is 13.6. The van der Waals surface area contributed by atoms with Crippen LogP contribution in [0.2, 0.25) is 0 Å². The van der Waals surface area contributed by atoms with Gasteiger partial charge in [-0.15, -0.1) is 0 Å². The Hall–Kier alpha value is -0.540. The number of ether oxygens (including phenoxy) is 1. The van der Waals surface area contributed by atoms with Crippen molar-refractivity contribution >= 4 is 15.9 Å². The van der Waals surface area contributed by atoms with Crippen molar-refractivity contribution in [2.45, 2.75) is 58.5 Å². The van der Waals surface area contributed by atoms with Crippen molar-refractivity contribution in [3.63, 3.8) is 0 Å². The van der Waals surface area contributed by atoms with Crippen LogP contribution in [0.25, 0.3) is 0 Å². The highest BCUT2D eigenvalue weighted by molar-refractivity contribution is 9.10. The lowest BCUT2D eigenvalue weighted by molar-refractivity contribution is 0.300. The van der Waals surface area contributed by atoms with E-state index in [9.17, 15) is 0 Å². The minimum absolute atomic E-state index is 0.729. The van der Waals surface area contributed by atoms with Gasteiger partial charge in [0, 0.05) is 22.6 Å². The molecule has 2 nitrogen and oxygen atoms in total.